The Kier molecular flexibility index (Phi) is 2.45. The maximum atomic E-state index is 11.0. The standard InChI is InChI=1S/C8H13NO.C2H6/c1-6(10)9-4-3-7-5-8(7,9)2;1-2/h7H,3-5H2,1-2H3;1-2H3. The quantitative estimate of drug-likeness (QED) is 0.543. The van der Waals surface area contributed by atoms with E-state index in [2.05, 4.69) is 6.92 Å². The number of nitrogens with zero attached hydrogens (tertiary/aromatic N) is 1. The van der Waals surface area contributed by atoms with Crippen LogP contribution in [0, 0.1) is 5.92 Å². The number of amides is 1. The van der Waals surface area contributed by atoms with Crippen molar-refractivity contribution in [1.29, 1.82) is 0 Å². The largest absolute Gasteiger partial charge is 0.337 e. The minimum absolute atomic E-state index is 0.252. The summed E-state index contributed by atoms with van der Waals surface area (Å²) in [5, 5.41) is 0. The molecule has 70 valence electrons. The second kappa shape index (κ2) is 3.08. The molecule has 0 N–H and O–H groups in total. The highest BCUT2D eigenvalue weighted by molar-refractivity contribution is 5.75. The summed E-state index contributed by atoms with van der Waals surface area (Å²) >= 11 is 0. The van der Waals surface area contributed by atoms with Crippen LogP contribution in [0.5, 0.6) is 0 Å². The zero-order valence-corrected chi connectivity index (χ0v) is 8.55. The van der Waals surface area contributed by atoms with Gasteiger partial charge in [-0.1, -0.05) is 13.8 Å². The van der Waals surface area contributed by atoms with E-state index in [0.29, 0.717) is 0 Å². The fourth-order valence-corrected chi connectivity index (χ4v) is 2.24. The molecule has 1 aliphatic carbocycles. The topological polar surface area (TPSA) is 20.3 Å². The second-order valence-electron chi connectivity index (χ2n) is 3.72. The predicted octanol–water partition coefficient (Wildman–Crippen LogP) is 2.04. The van der Waals surface area contributed by atoms with Gasteiger partial charge >= 0.3 is 0 Å². The zero-order chi connectivity index (χ0) is 9.35. The first-order valence-electron chi connectivity index (χ1n) is 4.93. The van der Waals surface area contributed by atoms with Gasteiger partial charge in [-0.3, -0.25) is 4.79 Å². The van der Waals surface area contributed by atoms with Gasteiger partial charge in [0.25, 0.3) is 0 Å². The number of carbonyl (C=O) groups is 1. The van der Waals surface area contributed by atoms with Gasteiger partial charge in [-0.2, -0.15) is 0 Å². The zero-order valence-electron chi connectivity index (χ0n) is 8.55. The van der Waals surface area contributed by atoms with E-state index in [9.17, 15) is 4.79 Å². The van der Waals surface area contributed by atoms with Crippen molar-refractivity contribution in [2.75, 3.05) is 6.54 Å². The number of likely N-dealkylation sites (tertiary alicyclic amines) is 1. The molecule has 2 atom stereocenters. The average molecular weight is 169 g/mol. The Morgan fingerprint density at radius 3 is 2.25 bits per heavy atom. The van der Waals surface area contributed by atoms with Gasteiger partial charge in [0, 0.05) is 19.0 Å². The van der Waals surface area contributed by atoms with Crippen molar-refractivity contribution in [3.8, 4) is 0 Å². The van der Waals surface area contributed by atoms with E-state index in [0.717, 1.165) is 12.5 Å². The molecule has 1 aliphatic heterocycles. The predicted molar refractivity (Wildman–Crippen MR) is 49.9 cm³/mol. The van der Waals surface area contributed by atoms with Gasteiger partial charge in [-0.05, 0) is 25.7 Å². The summed E-state index contributed by atoms with van der Waals surface area (Å²) in [4.78, 5) is 13.0. The summed E-state index contributed by atoms with van der Waals surface area (Å²) in [5.41, 5.74) is 0.284. The first kappa shape index (κ1) is 9.56. The lowest BCUT2D eigenvalue weighted by Gasteiger charge is -2.23. The molecular formula is C10H19NO. The van der Waals surface area contributed by atoms with E-state index >= 15 is 0 Å². The number of fused-ring (bicyclic) bond motifs is 1. The highest BCUT2D eigenvalue weighted by Crippen LogP contribution is 2.55. The molecule has 2 fully saturated rings. The molecule has 0 aromatic rings. The summed E-state index contributed by atoms with van der Waals surface area (Å²) in [6.07, 6.45) is 2.47. The highest BCUT2D eigenvalue weighted by Gasteiger charge is 2.59. The second-order valence-corrected chi connectivity index (χ2v) is 3.72. The Balaban J connectivity index is 0.000000336. The molecule has 2 rings (SSSR count). The minimum atomic E-state index is 0.252. The number of piperidine rings is 1. The van der Waals surface area contributed by atoms with Gasteiger partial charge in [0.05, 0.1) is 0 Å². The molecule has 1 saturated heterocycles. The summed E-state index contributed by atoms with van der Waals surface area (Å²) in [6.45, 7) is 8.87. The van der Waals surface area contributed by atoms with Crippen LogP contribution in [0.4, 0.5) is 0 Å². The van der Waals surface area contributed by atoms with Crippen molar-refractivity contribution < 1.29 is 4.79 Å². The number of hydrogen-bond acceptors (Lipinski definition) is 1. The van der Waals surface area contributed by atoms with Gasteiger partial charge in [0.2, 0.25) is 5.91 Å². The van der Waals surface area contributed by atoms with Gasteiger partial charge in [-0.15, -0.1) is 0 Å². The molecule has 0 aromatic heterocycles. The summed E-state index contributed by atoms with van der Waals surface area (Å²) in [5.74, 6) is 1.08. The third-order valence-corrected chi connectivity index (χ3v) is 3.08. The minimum Gasteiger partial charge on any atom is -0.337 e. The maximum Gasteiger partial charge on any atom is 0.219 e. The van der Waals surface area contributed by atoms with E-state index < -0.39 is 0 Å². The van der Waals surface area contributed by atoms with Gasteiger partial charge in [0.15, 0.2) is 0 Å². The maximum absolute atomic E-state index is 11.0. The van der Waals surface area contributed by atoms with Crippen LogP contribution in [-0.2, 0) is 4.79 Å². The Bertz CT molecular complexity index is 188. The molecule has 1 amide bonds. The van der Waals surface area contributed by atoms with Crippen molar-refractivity contribution >= 4 is 5.91 Å². The van der Waals surface area contributed by atoms with E-state index in [4.69, 9.17) is 0 Å². The molecular weight excluding hydrogens is 150 g/mol. The Labute approximate surface area is 74.9 Å². The molecule has 2 unspecified atom stereocenters. The molecule has 0 spiro atoms. The molecule has 0 radical (unpaired) electrons. The third kappa shape index (κ3) is 1.23. The van der Waals surface area contributed by atoms with Crippen LogP contribution in [0.2, 0.25) is 0 Å². The van der Waals surface area contributed by atoms with Crippen LogP contribution in [-0.4, -0.2) is 22.9 Å². The van der Waals surface area contributed by atoms with Crippen LogP contribution in [0.15, 0.2) is 0 Å². The molecule has 2 aliphatic rings. The fourth-order valence-electron chi connectivity index (χ4n) is 2.24. The fraction of sp³-hybridized carbons (Fsp3) is 0.900. The first-order valence-corrected chi connectivity index (χ1v) is 4.93. The van der Waals surface area contributed by atoms with E-state index in [-0.39, 0.29) is 11.4 Å². The van der Waals surface area contributed by atoms with Crippen LogP contribution < -0.4 is 0 Å². The third-order valence-electron chi connectivity index (χ3n) is 3.08. The number of hydrogen-bond donors (Lipinski definition) is 0. The van der Waals surface area contributed by atoms with Gasteiger partial charge in [-0.25, -0.2) is 0 Å². The van der Waals surface area contributed by atoms with Crippen molar-refractivity contribution in [1.82, 2.24) is 4.90 Å². The number of carbonyl (C=O) groups excluding carboxylic acids is 1. The lowest BCUT2D eigenvalue weighted by molar-refractivity contribution is -0.130. The highest BCUT2D eigenvalue weighted by atomic mass is 16.2. The monoisotopic (exact) mass is 169 g/mol. The summed E-state index contributed by atoms with van der Waals surface area (Å²) in [6, 6.07) is 0. The molecule has 1 heterocycles. The SMILES string of the molecule is CC.CC(=O)N1CCC2CC21C. The van der Waals surface area contributed by atoms with Crippen LogP contribution >= 0.6 is 0 Å². The van der Waals surface area contributed by atoms with E-state index in [1.165, 1.54) is 12.8 Å². The van der Waals surface area contributed by atoms with Crippen LogP contribution in [0.3, 0.4) is 0 Å². The molecule has 2 nitrogen and oxygen atoms in total. The van der Waals surface area contributed by atoms with Crippen LogP contribution in [0.25, 0.3) is 0 Å². The van der Waals surface area contributed by atoms with Crippen LogP contribution in [0.1, 0.15) is 40.5 Å². The van der Waals surface area contributed by atoms with Crippen molar-refractivity contribution in [2.45, 2.75) is 46.1 Å². The molecule has 1 saturated carbocycles. The Morgan fingerprint density at radius 1 is 1.50 bits per heavy atom. The molecule has 2 heteroatoms. The molecule has 0 bridgehead atoms. The Hall–Kier alpha value is -0.530. The summed E-state index contributed by atoms with van der Waals surface area (Å²) < 4.78 is 0. The lowest BCUT2D eigenvalue weighted by Crippen LogP contribution is -2.36. The van der Waals surface area contributed by atoms with Crippen molar-refractivity contribution in [3.63, 3.8) is 0 Å². The number of rotatable bonds is 0. The van der Waals surface area contributed by atoms with E-state index in [1.54, 1.807) is 6.92 Å². The first-order chi connectivity index (χ1) is 5.64. The Morgan fingerprint density at radius 2 is 2.08 bits per heavy atom. The normalized spacial score (nSPS) is 36.7. The average Bonchev–Trinajstić information content (AvgIpc) is 2.57. The molecule has 12 heavy (non-hydrogen) atoms. The summed E-state index contributed by atoms with van der Waals surface area (Å²) in [7, 11) is 0. The van der Waals surface area contributed by atoms with Gasteiger partial charge in [0.1, 0.15) is 0 Å². The van der Waals surface area contributed by atoms with Crippen molar-refractivity contribution in [3.05, 3.63) is 0 Å². The molecule has 0 aromatic carbocycles. The van der Waals surface area contributed by atoms with E-state index in [1.807, 2.05) is 18.7 Å². The van der Waals surface area contributed by atoms with Gasteiger partial charge < -0.3 is 4.90 Å². The van der Waals surface area contributed by atoms with Crippen molar-refractivity contribution in [2.24, 2.45) is 5.92 Å². The smallest absolute Gasteiger partial charge is 0.219 e. The lowest BCUT2D eigenvalue weighted by atomic mass is 10.2.